The maximum Gasteiger partial charge on any atom is 0.326 e. The quantitative estimate of drug-likeness (QED) is 0.660. The van der Waals surface area contributed by atoms with E-state index in [1.54, 1.807) is 26.0 Å². The molecule has 1 aromatic rings. The van der Waals surface area contributed by atoms with Gasteiger partial charge < -0.3 is 4.74 Å². The second kappa shape index (κ2) is 5.66. The van der Waals surface area contributed by atoms with Crippen LogP contribution in [0.3, 0.4) is 0 Å². The average Bonchev–Trinajstić information content (AvgIpc) is 2.99. The minimum atomic E-state index is -1.31. The van der Waals surface area contributed by atoms with E-state index in [4.69, 9.17) is 4.74 Å². The number of fused-ring (bicyclic) bond motifs is 1. The summed E-state index contributed by atoms with van der Waals surface area (Å²) < 4.78 is 18.3. The molecule has 2 saturated heterocycles. The molecule has 2 aliphatic rings. The number of amides is 2. The second-order valence-electron chi connectivity index (χ2n) is 6.34. The molecule has 0 saturated carbocycles. The van der Waals surface area contributed by atoms with Crippen LogP contribution in [-0.4, -0.2) is 41.9 Å². The Morgan fingerprint density at radius 1 is 1.29 bits per heavy atom. The highest BCUT2D eigenvalue weighted by Gasteiger charge is 2.66. The lowest BCUT2D eigenvalue weighted by Crippen LogP contribution is -2.53. The SMILES string of the molecule is CCOC(=O)[C@]1(C)N[C@@H](c2ccc(F)cc2)[C@H]2C(=O)N(C)C(=O)[C@@H]21. The van der Waals surface area contributed by atoms with Crippen molar-refractivity contribution in [2.45, 2.75) is 25.4 Å². The van der Waals surface area contributed by atoms with Crippen LogP contribution in [0.25, 0.3) is 0 Å². The minimum Gasteiger partial charge on any atom is -0.465 e. The number of esters is 1. The molecule has 24 heavy (non-hydrogen) atoms. The summed E-state index contributed by atoms with van der Waals surface area (Å²) in [5.74, 6) is -3.28. The molecule has 3 rings (SSSR count). The lowest BCUT2D eigenvalue weighted by atomic mass is 9.80. The van der Waals surface area contributed by atoms with Gasteiger partial charge >= 0.3 is 5.97 Å². The first-order valence-electron chi connectivity index (χ1n) is 7.83. The van der Waals surface area contributed by atoms with Gasteiger partial charge in [0.1, 0.15) is 11.4 Å². The summed E-state index contributed by atoms with van der Waals surface area (Å²) in [6.07, 6.45) is 0. The van der Waals surface area contributed by atoms with E-state index in [9.17, 15) is 18.8 Å². The molecule has 2 amide bonds. The molecule has 2 heterocycles. The molecule has 1 N–H and O–H groups in total. The molecule has 1 aromatic carbocycles. The summed E-state index contributed by atoms with van der Waals surface area (Å²) in [7, 11) is 1.41. The van der Waals surface area contributed by atoms with Gasteiger partial charge in [0.05, 0.1) is 18.4 Å². The van der Waals surface area contributed by atoms with Gasteiger partial charge in [0.2, 0.25) is 11.8 Å². The number of nitrogens with one attached hydrogen (secondary N) is 1. The van der Waals surface area contributed by atoms with Crippen LogP contribution in [0, 0.1) is 17.7 Å². The van der Waals surface area contributed by atoms with E-state index in [1.165, 1.54) is 19.2 Å². The van der Waals surface area contributed by atoms with Gasteiger partial charge in [-0.2, -0.15) is 0 Å². The summed E-state index contributed by atoms with van der Waals surface area (Å²) in [5.41, 5.74) is -0.659. The van der Waals surface area contributed by atoms with E-state index >= 15 is 0 Å². The van der Waals surface area contributed by atoms with Gasteiger partial charge in [-0.25, -0.2) is 4.39 Å². The Morgan fingerprint density at radius 2 is 1.92 bits per heavy atom. The van der Waals surface area contributed by atoms with Gasteiger partial charge in [0.15, 0.2) is 0 Å². The number of imide groups is 1. The van der Waals surface area contributed by atoms with Crippen LogP contribution in [0.2, 0.25) is 0 Å². The highest BCUT2D eigenvalue weighted by Crippen LogP contribution is 2.48. The van der Waals surface area contributed by atoms with Crippen LogP contribution in [0.5, 0.6) is 0 Å². The van der Waals surface area contributed by atoms with Gasteiger partial charge in [-0.15, -0.1) is 0 Å². The van der Waals surface area contributed by atoms with Crippen molar-refractivity contribution in [1.82, 2.24) is 10.2 Å². The second-order valence-corrected chi connectivity index (χ2v) is 6.34. The largest absolute Gasteiger partial charge is 0.465 e. The van der Waals surface area contributed by atoms with E-state index in [0.717, 1.165) is 4.90 Å². The molecule has 2 aliphatic heterocycles. The number of benzene rings is 1. The van der Waals surface area contributed by atoms with Crippen LogP contribution < -0.4 is 5.32 Å². The first kappa shape index (κ1) is 16.6. The molecule has 0 spiro atoms. The predicted octanol–water partition coefficient (Wildman–Crippen LogP) is 1.02. The smallest absolute Gasteiger partial charge is 0.326 e. The fourth-order valence-electron chi connectivity index (χ4n) is 3.71. The average molecular weight is 334 g/mol. The fourth-order valence-corrected chi connectivity index (χ4v) is 3.71. The molecule has 0 aliphatic carbocycles. The molecule has 4 atom stereocenters. The van der Waals surface area contributed by atoms with Crippen LogP contribution in [0.1, 0.15) is 25.5 Å². The maximum absolute atomic E-state index is 13.2. The number of halogens is 1. The lowest BCUT2D eigenvalue weighted by molar-refractivity contribution is -0.155. The number of hydrogen-bond acceptors (Lipinski definition) is 5. The predicted molar refractivity (Wildman–Crippen MR) is 82.1 cm³/mol. The Kier molecular flexibility index (Phi) is 3.91. The Labute approximate surface area is 139 Å². The molecule has 0 aromatic heterocycles. The van der Waals surface area contributed by atoms with Crippen LogP contribution in [-0.2, 0) is 19.1 Å². The molecular weight excluding hydrogens is 315 g/mol. The molecule has 2 fully saturated rings. The van der Waals surface area contributed by atoms with Crippen LogP contribution in [0.15, 0.2) is 24.3 Å². The summed E-state index contributed by atoms with van der Waals surface area (Å²) in [6, 6.07) is 5.12. The van der Waals surface area contributed by atoms with Crippen LogP contribution >= 0.6 is 0 Å². The molecule has 0 unspecified atom stereocenters. The van der Waals surface area contributed by atoms with E-state index in [0.29, 0.717) is 5.56 Å². The van der Waals surface area contributed by atoms with Crippen molar-refractivity contribution < 1.29 is 23.5 Å². The Morgan fingerprint density at radius 3 is 2.50 bits per heavy atom. The zero-order chi connectivity index (χ0) is 17.6. The minimum absolute atomic E-state index is 0.173. The van der Waals surface area contributed by atoms with Crippen molar-refractivity contribution in [2.24, 2.45) is 11.8 Å². The zero-order valence-electron chi connectivity index (χ0n) is 13.7. The third kappa shape index (κ3) is 2.23. The van der Waals surface area contributed by atoms with Gasteiger partial charge in [-0.3, -0.25) is 24.6 Å². The molecule has 0 bridgehead atoms. The summed E-state index contributed by atoms with van der Waals surface area (Å²) in [6.45, 7) is 3.43. The van der Waals surface area contributed by atoms with Crippen LogP contribution in [0.4, 0.5) is 4.39 Å². The van der Waals surface area contributed by atoms with E-state index in [1.807, 2.05) is 0 Å². The summed E-state index contributed by atoms with van der Waals surface area (Å²) >= 11 is 0. The number of carbonyl (C=O) groups is 3. The highest BCUT2D eigenvalue weighted by atomic mass is 19.1. The van der Waals surface area contributed by atoms with Crippen molar-refractivity contribution in [1.29, 1.82) is 0 Å². The van der Waals surface area contributed by atoms with Crippen molar-refractivity contribution >= 4 is 17.8 Å². The summed E-state index contributed by atoms with van der Waals surface area (Å²) in [4.78, 5) is 38.6. The van der Waals surface area contributed by atoms with Crippen molar-refractivity contribution in [3.05, 3.63) is 35.6 Å². The zero-order valence-corrected chi connectivity index (χ0v) is 13.7. The summed E-state index contributed by atoms with van der Waals surface area (Å²) in [5, 5.41) is 3.11. The van der Waals surface area contributed by atoms with E-state index < -0.39 is 41.1 Å². The van der Waals surface area contributed by atoms with Gasteiger partial charge in [0.25, 0.3) is 0 Å². The number of ether oxygens (including phenoxy) is 1. The topological polar surface area (TPSA) is 75.7 Å². The maximum atomic E-state index is 13.2. The Balaban J connectivity index is 2.06. The van der Waals surface area contributed by atoms with Gasteiger partial charge in [0, 0.05) is 13.1 Å². The molecular formula is C17H19FN2O4. The monoisotopic (exact) mass is 334 g/mol. The third-order valence-electron chi connectivity index (χ3n) is 4.94. The molecule has 6 nitrogen and oxygen atoms in total. The molecule has 128 valence electrons. The normalized spacial score (nSPS) is 32.2. The first-order valence-corrected chi connectivity index (χ1v) is 7.83. The Hall–Kier alpha value is -2.28. The highest BCUT2D eigenvalue weighted by molar-refractivity contribution is 6.09. The Bertz CT molecular complexity index is 705. The first-order chi connectivity index (χ1) is 11.3. The lowest BCUT2D eigenvalue weighted by Gasteiger charge is -2.28. The van der Waals surface area contributed by atoms with Gasteiger partial charge in [-0.05, 0) is 31.5 Å². The molecule has 7 heteroatoms. The van der Waals surface area contributed by atoms with E-state index in [2.05, 4.69) is 5.32 Å². The number of likely N-dealkylation sites (tertiary alicyclic amines) is 1. The third-order valence-corrected chi connectivity index (χ3v) is 4.94. The number of rotatable bonds is 3. The molecule has 0 radical (unpaired) electrons. The van der Waals surface area contributed by atoms with Crippen molar-refractivity contribution in [3.63, 3.8) is 0 Å². The number of carbonyl (C=O) groups excluding carboxylic acids is 3. The van der Waals surface area contributed by atoms with Crippen molar-refractivity contribution in [3.8, 4) is 0 Å². The van der Waals surface area contributed by atoms with Gasteiger partial charge in [-0.1, -0.05) is 12.1 Å². The number of nitrogens with zero attached hydrogens (tertiary/aromatic N) is 1. The van der Waals surface area contributed by atoms with E-state index in [-0.39, 0.29) is 12.5 Å². The standard InChI is InChI=1S/C17H19FN2O4/c1-4-24-16(23)17(2)12-11(14(21)20(3)15(12)22)13(19-17)9-5-7-10(18)8-6-9/h5-8,11-13,19H,4H2,1-3H3/t11-,12+,13-,17+/m0/s1. The number of hydrogen-bond donors (Lipinski definition) is 1. The fraction of sp³-hybridized carbons (Fsp3) is 0.471. The van der Waals surface area contributed by atoms with Crippen molar-refractivity contribution in [2.75, 3.05) is 13.7 Å².